The SMILES string of the molecule is C[C@H](NC(=O)c1cn2cccnc2n1)C12CC3CC(CC(C3)C1)C2. The van der Waals surface area contributed by atoms with E-state index in [1.807, 2.05) is 12.3 Å². The lowest BCUT2D eigenvalue weighted by molar-refractivity contribution is -0.0688. The van der Waals surface area contributed by atoms with Crippen molar-refractivity contribution in [3.8, 4) is 0 Å². The van der Waals surface area contributed by atoms with Crippen LogP contribution in [-0.2, 0) is 0 Å². The summed E-state index contributed by atoms with van der Waals surface area (Å²) in [5.41, 5.74) is 0.784. The molecule has 4 aliphatic carbocycles. The highest BCUT2D eigenvalue weighted by Gasteiger charge is 2.53. The first-order valence-electron chi connectivity index (χ1n) is 9.22. The second-order valence-corrected chi connectivity index (χ2v) is 8.43. The Balaban J connectivity index is 1.36. The number of hydrogen-bond donors (Lipinski definition) is 1. The molecule has 2 aromatic heterocycles. The predicted molar refractivity (Wildman–Crippen MR) is 90.5 cm³/mol. The van der Waals surface area contributed by atoms with E-state index in [-0.39, 0.29) is 11.9 Å². The zero-order valence-electron chi connectivity index (χ0n) is 14.1. The predicted octanol–water partition coefficient (Wildman–Crippen LogP) is 3.06. The maximum atomic E-state index is 12.7. The van der Waals surface area contributed by atoms with Crippen LogP contribution in [0.3, 0.4) is 0 Å². The van der Waals surface area contributed by atoms with Gasteiger partial charge in [-0.25, -0.2) is 9.97 Å². The van der Waals surface area contributed by atoms with E-state index in [0.717, 1.165) is 17.8 Å². The van der Waals surface area contributed by atoms with Gasteiger partial charge in [0.25, 0.3) is 5.91 Å². The van der Waals surface area contributed by atoms with Crippen LogP contribution in [0.2, 0.25) is 0 Å². The Morgan fingerprint density at radius 2 is 1.92 bits per heavy atom. The number of imidazole rings is 1. The average molecular weight is 324 g/mol. The van der Waals surface area contributed by atoms with Crippen molar-refractivity contribution in [2.45, 2.75) is 51.5 Å². The van der Waals surface area contributed by atoms with Crippen LogP contribution in [0.5, 0.6) is 0 Å². The lowest BCUT2D eigenvalue weighted by atomic mass is 9.48. The van der Waals surface area contributed by atoms with E-state index in [9.17, 15) is 4.79 Å². The molecule has 6 rings (SSSR count). The van der Waals surface area contributed by atoms with Gasteiger partial charge in [-0.05, 0) is 74.7 Å². The molecule has 0 spiro atoms. The quantitative estimate of drug-likeness (QED) is 0.944. The lowest BCUT2D eigenvalue weighted by Crippen LogP contribution is -2.55. The van der Waals surface area contributed by atoms with Crippen LogP contribution in [0.25, 0.3) is 5.78 Å². The van der Waals surface area contributed by atoms with Crippen molar-refractivity contribution in [3.05, 3.63) is 30.4 Å². The molecule has 1 amide bonds. The number of carbonyl (C=O) groups is 1. The first-order valence-corrected chi connectivity index (χ1v) is 9.22. The van der Waals surface area contributed by atoms with E-state index < -0.39 is 0 Å². The molecule has 0 aliphatic heterocycles. The van der Waals surface area contributed by atoms with E-state index in [1.165, 1.54) is 38.5 Å². The Morgan fingerprint density at radius 1 is 1.25 bits per heavy atom. The molecule has 1 atom stereocenters. The first kappa shape index (κ1) is 14.4. The zero-order valence-corrected chi connectivity index (χ0v) is 14.1. The van der Waals surface area contributed by atoms with Crippen molar-refractivity contribution in [1.29, 1.82) is 0 Å². The molecular weight excluding hydrogens is 300 g/mol. The van der Waals surface area contributed by atoms with Crippen LogP contribution in [-0.4, -0.2) is 26.3 Å². The van der Waals surface area contributed by atoms with Gasteiger partial charge in [0.05, 0.1) is 0 Å². The monoisotopic (exact) mass is 324 g/mol. The number of amides is 1. The fourth-order valence-corrected chi connectivity index (χ4v) is 6.07. The van der Waals surface area contributed by atoms with Gasteiger partial charge in [0, 0.05) is 24.6 Å². The smallest absolute Gasteiger partial charge is 0.271 e. The van der Waals surface area contributed by atoms with Crippen LogP contribution < -0.4 is 5.32 Å². The standard InChI is InChI=1S/C19H24N4O/c1-12(19-8-13-5-14(9-19)7-15(6-13)10-19)21-17(24)16-11-23-4-2-3-20-18(23)22-16/h2-4,11-15H,5-10H2,1H3,(H,21,24)/t12-,13?,14?,15?,19?/m0/s1. The number of rotatable bonds is 3. The summed E-state index contributed by atoms with van der Waals surface area (Å²) in [5.74, 6) is 3.20. The van der Waals surface area contributed by atoms with Crippen molar-refractivity contribution in [3.63, 3.8) is 0 Å². The number of hydrogen-bond acceptors (Lipinski definition) is 3. The van der Waals surface area contributed by atoms with Crippen LogP contribution >= 0.6 is 0 Å². The Kier molecular flexibility index (Phi) is 3.03. The minimum absolute atomic E-state index is 0.0660. The second kappa shape index (κ2) is 5.04. The van der Waals surface area contributed by atoms with Crippen molar-refractivity contribution in [2.24, 2.45) is 23.2 Å². The molecule has 1 N–H and O–H groups in total. The van der Waals surface area contributed by atoms with Gasteiger partial charge in [0.1, 0.15) is 5.69 Å². The summed E-state index contributed by atoms with van der Waals surface area (Å²) in [4.78, 5) is 21.2. The molecule has 4 aliphatic rings. The highest BCUT2D eigenvalue weighted by Crippen LogP contribution is 2.61. The third-order valence-electron chi connectivity index (χ3n) is 6.82. The molecule has 5 nitrogen and oxygen atoms in total. The van der Waals surface area contributed by atoms with Crippen molar-refractivity contribution in [1.82, 2.24) is 19.7 Å². The number of carbonyl (C=O) groups excluding carboxylic acids is 1. The minimum atomic E-state index is -0.0660. The molecular formula is C19H24N4O. The summed E-state index contributed by atoms with van der Waals surface area (Å²) in [6.07, 6.45) is 13.5. The Labute approximate surface area is 141 Å². The third kappa shape index (κ3) is 2.17. The molecule has 0 aromatic carbocycles. The average Bonchev–Trinajstić information content (AvgIpc) is 2.97. The molecule has 0 saturated heterocycles. The Morgan fingerprint density at radius 3 is 2.54 bits per heavy atom. The molecule has 4 bridgehead atoms. The van der Waals surface area contributed by atoms with Gasteiger partial charge in [0.15, 0.2) is 0 Å². The molecule has 2 aromatic rings. The third-order valence-corrected chi connectivity index (χ3v) is 6.82. The number of nitrogens with one attached hydrogen (secondary N) is 1. The van der Waals surface area contributed by atoms with Gasteiger partial charge in [0.2, 0.25) is 5.78 Å². The summed E-state index contributed by atoms with van der Waals surface area (Å²) in [5, 5.41) is 3.27. The minimum Gasteiger partial charge on any atom is -0.348 e. The molecule has 24 heavy (non-hydrogen) atoms. The molecule has 2 heterocycles. The second-order valence-electron chi connectivity index (χ2n) is 8.43. The summed E-state index contributed by atoms with van der Waals surface area (Å²) in [7, 11) is 0. The van der Waals surface area contributed by atoms with Crippen LogP contribution in [0.1, 0.15) is 55.9 Å². The first-order chi connectivity index (χ1) is 11.6. The van der Waals surface area contributed by atoms with Gasteiger partial charge in [-0.15, -0.1) is 0 Å². The van der Waals surface area contributed by atoms with Crippen molar-refractivity contribution < 1.29 is 4.79 Å². The number of fused-ring (bicyclic) bond motifs is 1. The fourth-order valence-electron chi connectivity index (χ4n) is 6.07. The highest BCUT2D eigenvalue weighted by molar-refractivity contribution is 5.92. The van der Waals surface area contributed by atoms with E-state index in [2.05, 4.69) is 22.2 Å². The molecule has 126 valence electrons. The molecule has 4 fully saturated rings. The zero-order chi connectivity index (χ0) is 16.3. The maximum absolute atomic E-state index is 12.7. The van der Waals surface area contributed by atoms with E-state index >= 15 is 0 Å². The number of nitrogens with zero attached hydrogens (tertiary/aromatic N) is 3. The molecule has 0 radical (unpaired) electrons. The molecule has 5 heteroatoms. The van der Waals surface area contributed by atoms with Gasteiger partial charge in [-0.2, -0.15) is 0 Å². The highest BCUT2D eigenvalue weighted by atomic mass is 16.2. The Hall–Kier alpha value is -1.91. The lowest BCUT2D eigenvalue weighted by Gasteiger charge is -2.59. The van der Waals surface area contributed by atoms with Crippen LogP contribution in [0.4, 0.5) is 0 Å². The summed E-state index contributed by atoms with van der Waals surface area (Å²) in [6.45, 7) is 2.21. The van der Waals surface area contributed by atoms with Crippen molar-refractivity contribution >= 4 is 11.7 Å². The van der Waals surface area contributed by atoms with E-state index in [0.29, 0.717) is 16.9 Å². The van der Waals surface area contributed by atoms with Crippen LogP contribution in [0, 0.1) is 23.2 Å². The van der Waals surface area contributed by atoms with Crippen molar-refractivity contribution in [2.75, 3.05) is 0 Å². The van der Waals surface area contributed by atoms with Crippen LogP contribution in [0.15, 0.2) is 24.7 Å². The largest absolute Gasteiger partial charge is 0.348 e. The van der Waals surface area contributed by atoms with Gasteiger partial charge >= 0.3 is 0 Å². The number of aromatic nitrogens is 3. The molecule has 4 saturated carbocycles. The maximum Gasteiger partial charge on any atom is 0.271 e. The van der Waals surface area contributed by atoms with Gasteiger partial charge in [-0.3, -0.25) is 9.20 Å². The molecule has 0 unspecified atom stereocenters. The summed E-state index contributed by atoms with van der Waals surface area (Å²) < 4.78 is 1.80. The summed E-state index contributed by atoms with van der Waals surface area (Å²) >= 11 is 0. The summed E-state index contributed by atoms with van der Waals surface area (Å²) in [6, 6.07) is 2.06. The normalized spacial score (nSPS) is 35.3. The Bertz CT molecular complexity index is 727. The van der Waals surface area contributed by atoms with E-state index in [1.54, 1.807) is 16.8 Å². The fraction of sp³-hybridized carbons (Fsp3) is 0.632. The van der Waals surface area contributed by atoms with Gasteiger partial charge in [-0.1, -0.05) is 0 Å². The topological polar surface area (TPSA) is 59.3 Å². The van der Waals surface area contributed by atoms with Gasteiger partial charge < -0.3 is 5.32 Å². The van der Waals surface area contributed by atoms with E-state index in [4.69, 9.17) is 0 Å².